The van der Waals surface area contributed by atoms with Crippen LogP contribution in [0.4, 0.5) is 9.59 Å². The van der Waals surface area contributed by atoms with E-state index >= 15 is 0 Å². The summed E-state index contributed by atoms with van der Waals surface area (Å²) in [6.07, 6.45) is -4.15. The van der Waals surface area contributed by atoms with Gasteiger partial charge in [0.1, 0.15) is 0 Å². The van der Waals surface area contributed by atoms with Gasteiger partial charge in [-0.25, -0.2) is 9.59 Å². The molecule has 0 heterocycles. The van der Waals surface area contributed by atoms with Crippen LogP contribution in [-0.4, -0.2) is 26.5 Å². The molecule has 0 N–H and O–H groups in total. The Hall–Kier alpha value is -4.04. The summed E-state index contributed by atoms with van der Waals surface area (Å²) in [5, 5.41) is 17.9. The molecule has 0 fully saturated rings. The van der Waals surface area contributed by atoms with Gasteiger partial charge in [-0.15, -0.1) is 0 Å². The second-order valence-corrected chi connectivity index (χ2v) is 5.45. The van der Waals surface area contributed by atoms with Crippen molar-refractivity contribution in [3.05, 3.63) is 70.8 Å². The topological polar surface area (TPSA) is 119 Å². The lowest BCUT2D eigenvalue weighted by Crippen LogP contribution is -2.23. The van der Waals surface area contributed by atoms with E-state index < -0.39 is 24.5 Å². The largest absolute Gasteiger partial charge is 0.508 e. The van der Waals surface area contributed by atoms with Crippen molar-refractivity contribution in [2.75, 3.05) is 14.2 Å². The molecule has 8 nitrogen and oxygen atoms in total. The molecule has 0 spiro atoms. The van der Waals surface area contributed by atoms with Gasteiger partial charge in [-0.05, 0) is 35.4 Å². The van der Waals surface area contributed by atoms with Gasteiger partial charge in [0, 0.05) is 0 Å². The molecule has 0 aliphatic heterocycles. The number of methoxy groups -OCH3 is 2. The van der Waals surface area contributed by atoms with Crippen molar-refractivity contribution in [1.82, 2.24) is 0 Å². The van der Waals surface area contributed by atoms with Crippen LogP contribution in [0.2, 0.25) is 0 Å². The number of nitriles is 2. The number of carbonyl (C=O) groups is 2. The van der Waals surface area contributed by atoms with Crippen molar-refractivity contribution < 1.29 is 28.5 Å². The second-order valence-electron chi connectivity index (χ2n) is 5.45. The van der Waals surface area contributed by atoms with Crippen LogP contribution >= 0.6 is 0 Å². The maximum Gasteiger partial charge on any atom is 0.508 e. The lowest BCUT2D eigenvalue weighted by atomic mass is 9.96. The molecule has 2 rings (SSSR count). The number of ether oxygens (including phenoxy) is 4. The summed E-state index contributed by atoms with van der Waals surface area (Å²) in [6.45, 7) is 0. The summed E-state index contributed by atoms with van der Waals surface area (Å²) >= 11 is 0. The molecule has 8 heteroatoms. The Morgan fingerprint density at radius 2 is 1.04 bits per heavy atom. The van der Waals surface area contributed by atoms with Crippen LogP contribution in [0.25, 0.3) is 0 Å². The van der Waals surface area contributed by atoms with E-state index in [1.54, 1.807) is 24.3 Å². The fourth-order valence-corrected chi connectivity index (χ4v) is 2.41. The predicted molar refractivity (Wildman–Crippen MR) is 94.8 cm³/mol. The van der Waals surface area contributed by atoms with Crippen molar-refractivity contribution in [2.24, 2.45) is 0 Å². The highest BCUT2D eigenvalue weighted by molar-refractivity contribution is 5.62. The van der Waals surface area contributed by atoms with Crippen molar-refractivity contribution >= 4 is 12.3 Å². The molecule has 0 amide bonds. The van der Waals surface area contributed by atoms with Crippen LogP contribution < -0.4 is 0 Å². The van der Waals surface area contributed by atoms with E-state index in [0.29, 0.717) is 22.3 Å². The van der Waals surface area contributed by atoms with Crippen LogP contribution in [0.5, 0.6) is 0 Å². The Bertz CT molecular complexity index is 832. The average Bonchev–Trinajstić information content (AvgIpc) is 2.75. The summed E-state index contributed by atoms with van der Waals surface area (Å²) < 4.78 is 19.8. The molecular weight excluding hydrogens is 364 g/mol. The van der Waals surface area contributed by atoms with Crippen LogP contribution in [-0.2, 0) is 18.9 Å². The highest BCUT2D eigenvalue weighted by Gasteiger charge is 2.33. The first-order chi connectivity index (χ1) is 13.5. The van der Waals surface area contributed by atoms with E-state index in [4.69, 9.17) is 20.0 Å². The molecule has 0 saturated heterocycles. The molecule has 2 aromatic carbocycles. The third-order valence-electron chi connectivity index (χ3n) is 3.79. The minimum atomic E-state index is -1.09. The zero-order valence-electron chi connectivity index (χ0n) is 15.1. The van der Waals surface area contributed by atoms with Crippen molar-refractivity contribution in [2.45, 2.75) is 12.2 Å². The standard InChI is InChI=1S/C20H16N2O6/c1-25-19(23)27-17(15-7-3-13(11-21)4-8-15)18(28-20(24)26-2)16-9-5-14(12-22)6-10-16/h3-10,17-18H,1-2H3/t17-,18+. The first-order valence-corrected chi connectivity index (χ1v) is 8.01. The summed E-state index contributed by atoms with van der Waals surface area (Å²) in [6, 6.07) is 16.4. The van der Waals surface area contributed by atoms with Crippen LogP contribution in [0.1, 0.15) is 34.5 Å². The monoisotopic (exact) mass is 380 g/mol. The summed E-state index contributed by atoms with van der Waals surface area (Å²) in [4.78, 5) is 23.6. The number of carbonyl (C=O) groups excluding carboxylic acids is 2. The Balaban J connectivity index is 2.51. The molecule has 0 radical (unpaired) electrons. The van der Waals surface area contributed by atoms with Gasteiger partial charge in [0.2, 0.25) is 0 Å². The molecule has 142 valence electrons. The Labute approximate surface area is 161 Å². The van der Waals surface area contributed by atoms with Gasteiger partial charge in [-0.1, -0.05) is 24.3 Å². The number of benzene rings is 2. The second kappa shape index (κ2) is 9.60. The quantitative estimate of drug-likeness (QED) is 0.719. The molecular formula is C20H16N2O6. The number of rotatable bonds is 5. The first kappa shape index (κ1) is 20.3. The SMILES string of the molecule is COC(=O)O[C@H](c1ccc(C#N)cc1)[C@@H](OC(=O)OC)c1ccc(C#N)cc1. The van der Waals surface area contributed by atoms with Gasteiger partial charge in [0.25, 0.3) is 0 Å². The summed E-state index contributed by atoms with van der Waals surface area (Å²) in [5.41, 5.74) is 1.74. The lowest BCUT2D eigenvalue weighted by Gasteiger charge is -2.26. The van der Waals surface area contributed by atoms with Gasteiger partial charge in [0.15, 0.2) is 12.2 Å². The molecule has 2 atom stereocenters. The minimum absolute atomic E-state index is 0.407. The predicted octanol–water partition coefficient (Wildman–Crippen LogP) is 3.78. The van der Waals surface area contributed by atoms with E-state index in [1.807, 2.05) is 12.1 Å². The van der Waals surface area contributed by atoms with Crippen LogP contribution in [0.3, 0.4) is 0 Å². The van der Waals surface area contributed by atoms with Gasteiger partial charge in [0.05, 0.1) is 37.5 Å². The third kappa shape index (κ3) is 4.99. The van der Waals surface area contributed by atoms with E-state index in [2.05, 4.69) is 9.47 Å². The Kier molecular flexibility index (Phi) is 6.95. The van der Waals surface area contributed by atoms with Crippen LogP contribution in [0, 0.1) is 22.7 Å². The normalized spacial score (nSPS) is 11.9. The lowest BCUT2D eigenvalue weighted by molar-refractivity contribution is -0.0518. The van der Waals surface area contributed by atoms with Crippen molar-refractivity contribution in [3.8, 4) is 12.1 Å². The zero-order chi connectivity index (χ0) is 20.5. The molecule has 2 aromatic rings. The fourth-order valence-electron chi connectivity index (χ4n) is 2.41. The molecule has 0 saturated carbocycles. The molecule has 0 aliphatic carbocycles. The summed E-state index contributed by atoms with van der Waals surface area (Å²) in [5.74, 6) is 0. The van der Waals surface area contributed by atoms with E-state index in [9.17, 15) is 9.59 Å². The number of hydrogen-bond donors (Lipinski definition) is 0. The third-order valence-corrected chi connectivity index (χ3v) is 3.79. The zero-order valence-corrected chi connectivity index (χ0v) is 15.1. The number of hydrogen-bond acceptors (Lipinski definition) is 8. The highest BCUT2D eigenvalue weighted by Crippen LogP contribution is 2.36. The molecule has 0 aromatic heterocycles. The molecule has 28 heavy (non-hydrogen) atoms. The van der Waals surface area contributed by atoms with Crippen molar-refractivity contribution in [1.29, 1.82) is 10.5 Å². The van der Waals surface area contributed by atoms with Gasteiger partial charge < -0.3 is 18.9 Å². The summed E-state index contributed by atoms with van der Waals surface area (Å²) in [7, 11) is 2.30. The average molecular weight is 380 g/mol. The molecule has 0 unspecified atom stereocenters. The number of nitrogens with zero attached hydrogens (tertiary/aromatic N) is 2. The van der Waals surface area contributed by atoms with E-state index in [1.165, 1.54) is 24.3 Å². The van der Waals surface area contributed by atoms with Crippen LogP contribution in [0.15, 0.2) is 48.5 Å². The highest BCUT2D eigenvalue weighted by atomic mass is 16.8. The molecule has 0 bridgehead atoms. The van der Waals surface area contributed by atoms with E-state index in [0.717, 1.165) is 14.2 Å². The first-order valence-electron chi connectivity index (χ1n) is 8.01. The smallest absolute Gasteiger partial charge is 0.438 e. The van der Waals surface area contributed by atoms with Gasteiger partial charge in [-0.3, -0.25) is 0 Å². The fraction of sp³-hybridized carbons (Fsp3) is 0.200. The van der Waals surface area contributed by atoms with Gasteiger partial charge in [-0.2, -0.15) is 10.5 Å². The Morgan fingerprint density at radius 1 is 0.714 bits per heavy atom. The molecule has 0 aliphatic rings. The van der Waals surface area contributed by atoms with Crippen molar-refractivity contribution in [3.63, 3.8) is 0 Å². The maximum absolute atomic E-state index is 11.8. The minimum Gasteiger partial charge on any atom is -0.438 e. The maximum atomic E-state index is 11.8. The Morgan fingerprint density at radius 3 is 1.29 bits per heavy atom. The van der Waals surface area contributed by atoms with Gasteiger partial charge >= 0.3 is 12.3 Å². The van der Waals surface area contributed by atoms with E-state index in [-0.39, 0.29) is 0 Å².